The molecule has 0 spiro atoms. The van der Waals surface area contributed by atoms with Crippen molar-refractivity contribution in [2.45, 2.75) is 32.6 Å². The molecule has 0 fully saturated rings. The summed E-state index contributed by atoms with van der Waals surface area (Å²) in [7, 11) is 0. The van der Waals surface area contributed by atoms with E-state index in [9.17, 15) is 9.59 Å². The molecule has 0 bridgehead atoms. The number of carbonyl (C=O) groups excluding carboxylic acids is 2. The molecule has 4 heteroatoms. The Morgan fingerprint density at radius 1 is 0.833 bits per heavy atom. The second-order valence-electron chi connectivity index (χ2n) is 5.41. The summed E-state index contributed by atoms with van der Waals surface area (Å²) in [6.45, 7) is 2.19. The van der Waals surface area contributed by atoms with Gasteiger partial charge in [-0.2, -0.15) is 0 Å². The summed E-state index contributed by atoms with van der Waals surface area (Å²) in [6, 6.07) is 19.2. The van der Waals surface area contributed by atoms with Gasteiger partial charge in [-0.15, -0.1) is 0 Å². The third-order valence-electron chi connectivity index (χ3n) is 3.61. The SMILES string of the molecule is CCOC(=O)CCCCC(=O)N(c1ccccc1)c1ccccc1. The highest BCUT2D eigenvalue weighted by molar-refractivity contribution is 6.00. The third-order valence-corrected chi connectivity index (χ3v) is 3.61. The van der Waals surface area contributed by atoms with Crippen LogP contribution in [0.25, 0.3) is 0 Å². The molecule has 1 amide bonds. The molecule has 2 aromatic rings. The molecule has 126 valence electrons. The number of rotatable bonds is 8. The zero-order valence-electron chi connectivity index (χ0n) is 14.0. The first-order valence-electron chi connectivity index (χ1n) is 8.31. The Morgan fingerprint density at radius 2 is 1.33 bits per heavy atom. The average Bonchev–Trinajstić information content (AvgIpc) is 2.61. The number of hydrogen-bond acceptors (Lipinski definition) is 3. The van der Waals surface area contributed by atoms with Crippen molar-refractivity contribution in [2.24, 2.45) is 0 Å². The quantitative estimate of drug-likeness (QED) is 0.531. The van der Waals surface area contributed by atoms with E-state index in [0.29, 0.717) is 32.3 Å². The van der Waals surface area contributed by atoms with E-state index in [2.05, 4.69) is 0 Å². The molecular weight excluding hydrogens is 302 g/mol. The lowest BCUT2D eigenvalue weighted by atomic mass is 10.1. The van der Waals surface area contributed by atoms with E-state index in [-0.39, 0.29) is 11.9 Å². The number of ether oxygens (including phenoxy) is 1. The number of anilines is 2. The first-order valence-corrected chi connectivity index (χ1v) is 8.31. The third kappa shape index (κ3) is 5.23. The maximum atomic E-state index is 12.7. The predicted octanol–water partition coefficient (Wildman–Crippen LogP) is 4.47. The van der Waals surface area contributed by atoms with Crippen LogP contribution >= 0.6 is 0 Å². The van der Waals surface area contributed by atoms with Gasteiger partial charge in [0.15, 0.2) is 0 Å². The van der Waals surface area contributed by atoms with Crippen LogP contribution in [0.2, 0.25) is 0 Å². The highest BCUT2D eigenvalue weighted by Gasteiger charge is 2.17. The second-order valence-corrected chi connectivity index (χ2v) is 5.41. The Balaban J connectivity index is 2.00. The molecule has 0 aliphatic heterocycles. The molecule has 0 saturated heterocycles. The lowest BCUT2D eigenvalue weighted by Crippen LogP contribution is -2.25. The Bertz CT molecular complexity index is 601. The van der Waals surface area contributed by atoms with E-state index in [1.54, 1.807) is 11.8 Å². The van der Waals surface area contributed by atoms with E-state index >= 15 is 0 Å². The van der Waals surface area contributed by atoms with Gasteiger partial charge in [0, 0.05) is 24.2 Å². The summed E-state index contributed by atoms with van der Waals surface area (Å²) >= 11 is 0. The van der Waals surface area contributed by atoms with Gasteiger partial charge < -0.3 is 4.74 Å². The fraction of sp³-hybridized carbons (Fsp3) is 0.300. The van der Waals surface area contributed by atoms with Crippen LogP contribution in [0.3, 0.4) is 0 Å². The molecule has 0 atom stereocenters. The zero-order chi connectivity index (χ0) is 17.2. The van der Waals surface area contributed by atoms with Gasteiger partial charge in [0.1, 0.15) is 0 Å². The van der Waals surface area contributed by atoms with Crippen LogP contribution in [0.4, 0.5) is 11.4 Å². The average molecular weight is 325 g/mol. The summed E-state index contributed by atoms with van der Waals surface area (Å²) in [5.74, 6) is -0.177. The van der Waals surface area contributed by atoms with Crippen LogP contribution in [0.5, 0.6) is 0 Å². The largest absolute Gasteiger partial charge is 0.466 e. The second kappa shape index (κ2) is 9.50. The Hall–Kier alpha value is -2.62. The van der Waals surface area contributed by atoms with Crippen LogP contribution in [0.1, 0.15) is 32.6 Å². The topological polar surface area (TPSA) is 46.6 Å². The predicted molar refractivity (Wildman–Crippen MR) is 95.1 cm³/mol. The molecule has 0 unspecified atom stereocenters. The van der Waals surface area contributed by atoms with Crippen LogP contribution < -0.4 is 4.90 Å². The first-order chi connectivity index (χ1) is 11.7. The molecule has 2 aromatic carbocycles. The van der Waals surface area contributed by atoms with Gasteiger partial charge in [0.05, 0.1) is 6.61 Å². The van der Waals surface area contributed by atoms with Crippen molar-refractivity contribution in [3.05, 3.63) is 60.7 Å². The zero-order valence-corrected chi connectivity index (χ0v) is 14.0. The van der Waals surface area contributed by atoms with Crippen LogP contribution in [0, 0.1) is 0 Å². The van der Waals surface area contributed by atoms with Crippen molar-refractivity contribution < 1.29 is 14.3 Å². The minimum atomic E-state index is -0.201. The minimum Gasteiger partial charge on any atom is -0.466 e. The molecule has 4 nitrogen and oxygen atoms in total. The van der Waals surface area contributed by atoms with Gasteiger partial charge in [-0.05, 0) is 44.0 Å². The number of para-hydroxylation sites is 2. The van der Waals surface area contributed by atoms with Gasteiger partial charge in [-0.3, -0.25) is 14.5 Å². The number of nitrogens with zero attached hydrogens (tertiary/aromatic N) is 1. The van der Waals surface area contributed by atoms with Crippen molar-refractivity contribution >= 4 is 23.3 Å². The number of benzene rings is 2. The van der Waals surface area contributed by atoms with Crippen molar-refractivity contribution in [3.63, 3.8) is 0 Å². The molecule has 0 saturated carbocycles. The van der Waals surface area contributed by atoms with Crippen LogP contribution in [0.15, 0.2) is 60.7 Å². The van der Waals surface area contributed by atoms with E-state index in [4.69, 9.17) is 4.74 Å². The van der Waals surface area contributed by atoms with Crippen molar-refractivity contribution in [2.75, 3.05) is 11.5 Å². The number of unbranched alkanes of at least 4 members (excludes halogenated alkanes) is 1. The van der Waals surface area contributed by atoms with Crippen LogP contribution in [-0.2, 0) is 14.3 Å². The van der Waals surface area contributed by atoms with Gasteiger partial charge in [-0.1, -0.05) is 36.4 Å². The molecule has 24 heavy (non-hydrogen) atoms. The fourth-order valence-electron chi connectivity index (χ4n) is 2.48. The monoisotopic (exact) mass is 325 g/mol. The number of hydrogen-bond donors (Lipinski definition) is 0. The van der Waals surface area contributed by atoms with Gasteiger partial charge in [0.2, 0.25) is 5.91 Å². The minimum absolute atomic E-state index is 0.0243. The summed E-state index contributed by atoms with van der Waals surface area (Å²) in [5.41, 5.74) is 1.69. The van der Waals surface area contributed by atoms with Gasteiger partial charge in [-0.25, -0.2) is 0 Å². The van der Waals surface area contributed by atoms with E-state index < -0.39 is 0 Å². The maximum absolute atomic E-state index is 12.7. The lowest BCUT2D eigenvalue weighted by Gasteiger charge is -2.23. The Labute approximate surface area is 143 Å². The Morgan fingerprint density at radius 3 is 1.83 bits per heavy atom. The normalized spacial score (nSPS) is 10.2. The van der Waals surface area contributed by atoms with Gasteiger partial charge >= 0.3 is 5.97 Å². The maximum Gasteiger partial charge on any atom is 0.305 e. The fourth-order valence-corrected chi connectivity index (χ4v) is 2.48. The summed E-state index contributed by atoms with van der Waals surface area (Å²) in [4.78, 5) is 25.8. The summed E-state index contributed by atoms with van der Waals surface area (Å²) < 4.78 is 4.90. The smallest absolute Gasteiger partial charge is 0.305 e. The van der Waals surface area contributed by atoms with Crippen LogP contribution in [-0.4, -0.2) is 18.5 Å². The van der Waals surface area contributed by atoms with Crippen molar-refractivity contribution in [1.82, 2.24) is 0 Å². The molecular formula is C20H23NO3. The van der Waals surface area contributed by atoms with E-state index in [1.807, 2.05) is 60.7 Å². The molecule has 2 rings (SSSR count). The van der Waals surface area contributed by atoms with Gasteiger partial charge in [0.25, 0.3) is 0 Å². The number of esters is 1. The molecule has 0 radical (unpaired) electrons. The molecule has 0 aliphatic rings. The lowest BCUT2D eigenvalue weighted by molar-refractivity contribution is -0.143. The number of carbonyl (C=O) groups is 2. The standard InChI is InChI=1S/C20H23NO3/c1-2-24-20(23)16-10-9-15-19(22)21(17-11-5-3-6-12-17)18-13-7-4-8-14-18/h3-8,11-14H,2,9-10,15-16H2,1H3. The molecule has 0 aliphatic carbocycles. The van der Waals surface area contributed by atoms with Crippen molar-refractivity contribution in [3.8, 4) is 0 Å². The van der Waals surface area contributed by atoms with Crippen molar-refractivity contribution in [1.29, 1.82) is 0 Å². The highest BCUT2D eigenvalue weighted by Crippen LogP contribution is 2.26. The molecule has 0 aromatic heterocycles. The highest BCUT2D eigenvalue weighted by atomic mass is 16.5. The molecule has 0 N–H and O–H groups in total. The summed E-state index contributed by atoms with van der Waals surface area (Å²) in [6.07, 6.45) is 2.07. The summed E-state index contributed by atoms with van der Waals surface area (Å²) in [5, 5.41) is 0. The number of amides is 1. The van der Waals surface area contributed by atoms with E-state index in [0.717, 1.165) is 11.4 Å². The molecule has 0 heterocycles. The Kier molecular flexibility index (Phi) is 7.02. The first kappa shape index (κ1) is 17.7. The van der Waals surface area contributed by atoms with E-state index in [1.165, 1.54) is 0 Å².